The topological polar surface area (TPSA) is 50.9 Å². The van der Waals surface area contributed by atoms with Gasteiger partial charge >= 0.3 is 0 Å². The molecule has 0 aliphatic carbocycles. The van der Waals surface area contributed by atoms with E-state index in [2.05, 4.69) is 10.4 Å². The number of benzene rings is 1. The van der Waals surface area contributed by atoms with Crippen molar-refractivity contribution in [3.05, 3.63) is 35.5 Å². The van der Waals surface area contributed by atoms with Crippen molar-refractivity contribution >= 4 is 16.6 Å². The van der Waals surface area contributed by atoms with Gasteiger partial charge in [-0.1, -0.05) is 13.3 Å². The van der Waals surface area contributed by atoms with E-state index in [0.29, 0.717) is 16.6 Å². The zero-order valence-electron chi connectivity index (χ0n) is 9.43. The van der Waals surface area contributed by atoms with Crippen LogP contribution >= 0.6 is 0 Å². The third kappa shape index (κ3) is 2.19. The van der Waals surface area contributed by atoms with Gasteiger partial charge in [0.15, 0.2) is 11.6 Å². The molecule has 17 heavy (non-hydrogen) atoms. The first-order valence-corrected chi connectivity index (χ1v) is 5.41. The number of nitrogens with zero attached hydrogens (tertiary/aromatic N) is 1. The van der Waals surface area contributed by atoms with Crippen LogP contribution in [0.15, 0.2) is 18.2 Å². The molecule has 90 valence electrons. The van der Waals surface area contributed by atoms with Gasteiger partial charge in [-0.2, -0.15) is 0 Å². The summed E-state index contributed by atoms with van der Waals surface area (Å²) in [6, 6.07) is 3.94. The van der Waals surface area contributed by atoms with E-state index in [1.807, 2.05) is 6.92 Å². The van der Waals surface area contributed by atoms with Gasteiger partial charge in [0.05, 0.1) is 11.2 Å². The van der Waals surface area contributed by atoms with Gasteiger partial charge in [0.1, 0.15) is 0 Å². The minimum absolute atomic E-state index is 0.405. The van der Waals surface area contributed by atoms with Gasteiger partial charge < -0.3 is 5.43 Å². The molecule has 0 atom stereocenters. The molecule has 1 heterocycles. The summed E-state index contributed by atoms with van der Waals surface area (Å²) in [6.07, 6.45) is 1.69. The molecule has 3 N–H and O–H groups in total. The standard InChI is InChI=1S/C12H13F2N3/c1-2-3-7-4-12(17-15)8-5-9(13)10(14)6-11(8)16-7/h4-6H,2-3,15H2,1H3,(H,16,17). The number of hydrogen-bond acceptors (Lipinski definition) is 3. The molecule has 2 aromatic rings. The lowest BCUT2D eigenvalue weighted by molar-refractivity contribution is 0.510. The van der Waals surface area contributed by atoms with Gasteiger partial charge in [-0.05, 0) is 18.6 Å². The molecule has 0 radical (unpaired) electrons. The van der Waals surface area contributed by atoms with Crippen molar-refractivity contribution < 1.29 is 8.78 Å². The van der Waals surface area contributed by atoms with Crippen LogP contribution in [0.1, 0.15) is 19.0 Å². The van der Waals surface area contributed by atoms with E-state index in [0.717, 1.165) is 30.7 Å². The number of rotatable bonds is 3. The van der Waals surface area contributed by atoms with Crippen molar-refractivity contribution in [3.63, 3.8) is 0 Å². The maximum atomic E-state index is 13.1. The molecule has 0 bridgehead atoms. The Kier molecular flexibility index (Phi) is 3.19. The summed E-state index contributed by atoms with van der Waals surface area (Å²) in [6.45, 7) is 2.02. The molecule has 0 aliphatic heterocycles. The van der Waals surface area contributed by atoms with Crippen LogP contribution < -0.4 is 11.3 Å². The van der Waals surface area contributed by atoms with Gasteiger partial charge in [0.2, 0.25) is 0 Å². The molecule has 3 nitrogen and oxygen atoms in total. The highest BCUT2D eigenvalue weighted by molar-refractivity contribution is 5.91. The van der Waals surface area contributed by atoms with Gasteiger partial charge in [-0.3, -0.25) is 10.8 Å². The Bertz CT molecular complexity index is 555. The fraction of sp³-hybridized carbons (Fsp3) is 0.250. The number of nitrogens with one attached hydrogen (secondary N) is 1. The van der Waals surface area contributed by atoms with Gasteiger partial charge in [0.25, 0.3) is 0 Å². The molecule has 1 aromatic carbocycles. The minimum Gasteiger partial charge on any atom is -0.323 e. The van der Waals surface area contributed by atoms with E-state index in [1.54, 1.807) is 6.07 Å². The molecular formula is C12H13F2N3. The molecule has 2 rings (SSSR count). The van der Waals surface area contributed by atoms with Crippen LogP contribution in [0.4, 0.5) is 14.5 Å². The summed E-state index contributed by atoms with van der Waals surface area (Å²) in [5.74, 6) is 3.57. The number of hydrazine groups is 1. The van der Waals surface area contributed by atoms with Crippen molar-refractivity contribution in [1.82, 2.24) is 4.98 Å². The lowest BCUT2D eigenvalue weighted by atomic mass is 10.1. The summed E-state index contributed by atoms with van der Waals surface area (Å²) in [5, 5.41) is 0.478. The maximum Gasteiger partial charge on any atom is 0.161 e. The van der Waals surface area contributed by atoms with Gasteiger partial charge in [-0.15, -0.1) is 0 Å². The summed E-state index contributed by atoms with van der Waals surface area (Å²) in [5.41, 5.74) is 4.25. The lowest BCUT2D eigenvalue weighted by Crippen LogP contribution is -2.08. The quantitative estimate of drug-likeness (QED) is 0.637. The highest BCUT2D eigenvalue weighted by atomic mass is 19.2. The highest BCUT2D eigenvalue weighted by Gasteiger charge is 2.09. The Labute approximate surface area is 97.6 Å². The van der Waals surface area contributed by atoms with Crippen molar-refractivity contribution in [2.75, 3.05) is 5.43 Å². The van der Waals surface area contributed by atoms with Crippen LogP contribution in [0.25, 0.3) is 10.9 Å². The number of anilines is 1. The van der Waals surface area contributed by atoms with Crippen molar-refractivity contribution in [2.45, 2.75) is 19.8 Å². The zero-order valence-corrected chi connectivity index (χ0v) is 9.43. The van der Waals surface area contributed by atoms with E-state index in [1.165, 1.54) is 0 Å². The maximum absolute atomic E-state index is 13.1. The number of fused-ring (bicyclic) bond motifs is 1. The molecule has 0 saturated heterocycles. The van der Waals surface area contributed by atoms with Crippen LogP contribution in [0.3, 0.4) is 0 Å². The predicted molar refractivity (Wildman–Crippen MR) is 63.5 cm³/mol. The molecule has 0 unspecified atom stereocenters. The van der Waals surface area contributed by atoms with Crippen molar-refractivity contribution in [3.8, 4) is 0 Å². The van der Waals surface area contributed by atoms with Crippen LogP contribution in [0, 0.1) is 11.6 Å². The molecule has 0 aliphatic rings. The summed E-state index contributed by atoms with van der Waals surface area (Å²) < 4.78 is 26.3. The fourth-order valence-electron chi connectivity index (χ4n) is 1.78. The molecule has 0 fully saturated rings. The number of aromatic nitrogens is 1. The Hall–Kier alpha value is -1.75. The Morgan fingerprint density at radius 1 is 1.24 bits per heavy atom. The first kappa shape index (κ1) is 11.7. The van der Waals surface area contributed by atoms with E-state index >= 15 is 0 Å². The van der Waals surface area contributed by atoms with Crippen molar-refractivity contribution in [2.24, 2.45) is 5.84 Å². The molecule has 1 aromatic heterocycles. The van der Waals surface area contributed by atoms with E-state index in [9.17, 15) is 8.78 Å². The van der Waals surface area contributed by atoms with Gasteiger partial charge in [-0.25, -0.2) is 8.78 Å². The average Bonchev–Trinajstić information content (AvgIpc) is 2.31. The Balaban J connectivity index is 2.68. The monoisotopic (exact) mass is 237 g/mol. The first-order chi connectivity index (χ1) is 8.15. The fourth-order valence-corrected chi connectivity index (χ4v) is 1.78. The number of nitrogens with two attached hydrogens (primary N) is 1. The second kappa shape index (κ2) is 4.63. The third-order valence-electron chi connectivity index (χ3n) is 2.57. The summed E-state index contributed by atoms with van der Waals surface area (Å²) in [7, 11) is 0. The van der Waals surface area contributed by atoms with Crippen LogP contribution in [-0.2, 0) is 6.42 Å². The van der Waals surface area contributed by atoms with E-state index in [-0.39, 0.29) is 0 Å². The number of nitrogen functional groups attached to an aromatic ring is 1. The van der Waals surface area contributed by atoms with Crippen LogP contribution in [0.5, 0.6) is 0 Å². The minimum atomic E-state index is -0.904. The third-order valence-corrected chi connectivity index (χ3v) is 2.57. The predicted octanol–water partition coefficient (Wildman–Crippen LogP) is 2.75. The van der Waals surface area contributed by atoms with E-state index < -0.39 is 11.6 Å². The summed E-state index contributed by atoms with van der Waals surface area (Å²) in [4.78, 5) is 4.27. The average molecular weight is 237 g/mol. The molecule has 0 amide bonds. The Morgan fingerprint density at radius 2 is 1.94 bits per heavy atom. The lowest BCUT2D eigenvalue weighted by Gasteiger charge is -2.09. The smallest absolute Gasteiger partial charge is 0.161 e. The highest BCUT2D eigenvalue weighted by Crippen LogP contribution is 2.25. The molecular weight excluding hydrogens is 224 g/mol. The largest absolute Gasteiger partial charge is 0.323 e. The van der Waals surface area contributed by atoms with Crippen LogP contribution in [0.2, 0.25) is 0 Å². The molecule has 0 spiro atoms. The number of halogens is 2. The molecule has 5 heteroatoms. The number of hydrogen-bond donors (Lipinski definition) is 2. The SMILES string of the molecule is CCCc1cc(NN)c2cc(F)c(F)cc2n1. The number of aryl methyl sites for hydroxylation is 1. The van der Waals surface area contributed by atoms with Gasteiger partial charge in [0, 0.05) is 17.1 Å². The number of pyridine rings is 1. The second-order valence-corrected chi connectivity index (χ2v) is 3.84. The zero-order chi connectivity index (χ0) is 12.4. The van der Waals surface area contributed by atoms with Crippen LogP contribution in [-0.4, -0.2) is 4.98 Å². The summed E-state index contributed by atoms with van der Waals surface area (Å²) >= 11 is 0. The Morgan fingerprint density at radius 3 is 2.59 bits per heavy atom. The normalized spacial score (nSPS) is 10.8. The first-order valence-electron chi connectivity index (χ1n) is 5.41. The molecule has 0 saturated carbocycles. The van der Waals surface area contributed by atoms with Crippen molar-refractivity contribution in [1.29, 1.82) is 0 Å². The van der Waals surface area contributed by atoms with E-state index in [4.69, 9.17) is 5.84 Å². The second-order valence-electron chi connectivity index (χ2n) is 3.84.